The number of nitrogens with zero attached hydrogens (tertiary/aromatic N) is 1. The Labute approximate surface area is 253 Å². The lowest BCUT2D eigenvalue weighted by Gasteiger charge is -2.31. The number of ether oxygens (including phenoxy) is 1. The van der Waals surface area contributed by atoms with Gasteiger partial charge < -0.3 is 16.2 Å². The molecule has 226 valence electrons. The van der Waals surface area contributed by atoms with Gasteiger partial charge >= 0.3 is 6.09 Å². The van der Waals surface area contributed by atoms with E-state index < -0.39 is 39.0 Å². The molecule has 0 aliphatic rings. The van der Waals surface area contributed by atoms with E-state index in [1.54, 1.807) is 33.8 Å². The molecule has 1 amide bonds. The number of ketones is 1. The Morgan fingerprint density at radius 2 is 1.44 bits per heavy atom. The van der Waals surface area contributed by atoms with E-state index in [0.29, 0.717) is 18.5 Å². The topological polar surface area (TPSA) is 133 Å². The molecule has 4 N–H and O–H groups in total. The molecule has 3 unspecified atom stereocenters. The van der Waals surface area contributed by atoms with E-state index in [2.05, 4.69) is 0 Å². The normalized spacial score (nSPS) is 14.1. The molecule has 0 bridgehead atoms. The first-order valence-corrected chi connectivity index (χ1v) is 15.8. The third-order valence-corrected chi connectivity index (χ3v) is 9.22. The molecule has 0 spiro atoms. The highest BCUT2D eigenvalue weighted by Crippen LogP contribution is 2.27. The number of anilines is 1. The zero-order chi connectivity index (χ0) is 31.4. The van der Waals surface area contributed by atoms with Crippen molar-refractivity contribution in [3.8, 4) is 0 Å². The number of carbonyl (C=O) groups excluding carboxylic acids is 2. The Hall–Kier alpha value is -4.05. The zero-order valence-corrected chi connectivity index (χ0v) is 25.8. The quantitative estimate of drug-likeness (QED) is 0.217. The average Bonchev–Trinajstić information content (AvgIpc) is 2.98. The molecule has 4 aromatic rings. The smallest absolute Gasteiger partial charge is 0.415 e. The fourth-order valence-corrected chi connectivity index (χ4v) is 6.25. The maximum absolute atomic E-state index is 13.7. The molecule has 9 heteroatoms. The van der Waals surface area contributed by atoms with Crippen LogP contribution in [0.4, 0.5) is 10.5 Å². The Balaban J connectivity index is 1.55. The standard InChI is InChI=1S/C34H39N3O5S/c1-23(37(33(39)42-34(2,3)4)28-18-15-25-12-8-9-13-27(25)22-28)31(38)26-16-19-29(20-17-26)43(40,41)32(36)30(35)21-14-24-10-6-5-7-11-24/h5-13,15-20,22-23,30,32H,14,21,35-36H2,1-4H3. The summed E-state index contributed by atoms with van der Waals surface area (Å²) in [5.74, 6) is -0.383. The molecule has 0 aliphatic carbocycles. The average molecular weight is 602 g/mol. The Morgan fingerprint density at radius 3 is 2.07 bits per heavy atom. The predicted molar refractivity (Wildman–Crippen MR) is 171 cm³/mol. The van der Waals surface area contributed by atoms with Crippen molar-refractivity contribution in [3.63, 3.8) is 0 Å². The minimum atomic E-state index is -3.96. The predicted octanol–water partition coefficient (Wildman–Crippen LogP) is 5.87. The highest BCUT2D eigenvalue weighted by molar-refractivity contribution is 7.92. The molecular weight excluding hydrogens is 562 g/mol. The van der Waals surface area contributed by atoms with Crippen molar-refractivity contribution >= 4 is 38.2 Å². The van der Waals surface area contributed by atoms with E-state index in [0.717, 1.165) is 16.3 Å². The molecule has 0 fully saturated rings. The minimum absolute atomic E-state index is 0.0297. The first kappa shape index (κ1) is 31.9. The maximum Gasteiger partial charge on any atom is 0.415 e. The number of benzene rings is 4. The molecule has 0 aromatic heterocycles. The van der Waals surface area contributed by atoms with Gasteiger partial charge in [-0.2, -0.15) is 0 Å². The van der Waals surface area contributed by atoms with Gasteiger partial charge in [-0.3, -0.25) is 9.69 Å². The number of nitrogens with two attached hydrogens (primary N) is 2. The van der Waals surface area contributed by atoms with Crippen LogP contribution in [0.15, 0.2) is 102 Å². The molecule has 0 saturated carbocycles. The minimum Gasteiger partial charge on any atom is -0.443 e. The highest BCUT2D eigenvalue weighted by atomic mass is 32.2. The van der Waals surface area contributed by atoms with Gasteiger partial charge in [0, 0.05) is 17.3 Å². The molecule has 0 radical (unpaired) electrons. The van der Waals surface area contributed by atoms with Crippen LogP contribution >= 0.6 is 0 Å². The zero-order valence-electron chi connectivity index (χ0n) is 24.9. The summed E-state index contributed by atoms with van der Waals surface area (Å²) >= 11 is 0. The van der Waals surface area contributed by atoms with Crippen molar-refractivity contribution in [2.24, 2.45) is 11.5 Å². The maximum atomic E-state index is 13.7. The largest absolute Gasteiger partial charge is 0.443 e. The van der Waals surface area contributed by atoms with Crippen LogP contribution in [0.2, 0.25) is 0 Å². The third-order valence-electron chi connectivity index (χ3n) is 7.22. The Bertz CT molecular complexity index is 1680. The lowest BCUT2D eigenvalue weighted by molar-refractivity contribution is 0.0557. The summed E-state index contributed by atoms with van der Waals surface area (Å²) in [6.45, 7) is 6.89. The number of hydrogen-bond donors (Lipinski definition) is 2. The van der Waals surface area contributed by atoms with Crippen LogP contribution in [0.3, 0.4) is 0 Å². The Morgan fingerprint density at radius 1 is 0.837 bits per heavy atom. The first-order chi connectivity index (χ1) is 20.3. The van der Waals surface area contributed by atoms with E-state index in [9.17, 15) is 18.0 Å². The van der Waals surface area contributed by atoms with E-state index >= 15 is 0 Å². The number of carbonyl (C=O) groups is 2. The van der Waals surface area contributed by atoms with E-state index in [4.69, 9.17) is 16.2 Å². The second kappa shape index (κ2) is 13.1. The number of sulfone groups is 1. The summed E-state index contributed by atoms with van der Waals surface area (Å²) in [7, 11) is -3.96. The van der Waals surface area contributed by atoms with Gasteiger partial charge in [0.25, 0.3) is 0 Å². The SMILES string of the molecule is CC(C(=O)c1ccc(S(=O)(=O)C(N)C(N)CCc2ccccc2)cc1)N(C(=O)OC(C)(C)C)c1ccc2ccccc2c1. The Kier molecular flexibility index (Phi) is 9.69. The van der Waals surface area contributed by atoms with Crippen molar-refractivity contribution < 1.29 is 22.7 Å². The van der Waals surface area contributed by atoms with E-state index in [1.807, 2.05) is 66.7 Å². The number of amides is 1. The summed E-state index contributed by atoms with van der Waals surface area (Å²) in [5.41, 5.74) is 13.3. The van der Waals surface area contributed by atoms with E-state index in [-0.39, 0.29) is 16.2 Å². The van der Waals surface area contributed by atoms with Crippen LogP contribution in [-0.4, -0.2) is 43.4 Å². The number of hydrogen-bond acceptors (Lipinski definition) is 7. The van der Waals surface area contributed by atoms with Gasteiger partial charge in [-0.1, -0.05) is 72.8 Å². The molecule has 4 rings (SSSR count). The highest BCUT2D eigenvalue weighted by Gasteiger charge is 2.33. The lowest BCUT2D eigenvalue weighted by atomic mass is 10.0. The van der Waals surface area contributed by atoms with Gasteiger partial charge in [0.15, 0.2) is 15.6 Å². The summed E-state index contributed by atoms with van der Waals surface area (Å²) in [4.78, 5) is 28.4. The van der Waals surface area contributed by atoms with Gasteiger partial charge in [-0.15, -0.1) is 0 Å². The van der Waals surface area contributed by atoms with Crippen LogP contribution in [0.1, 0.15) is 50.0 Å². The van der Waals surface area contributed by atoms with Crippen LogP contribution < -0.4 is 16.4 Å². The summed E-state index contributed by atoms with van der Waals surface area (Å²) in [6.07, 6.45) is 0.327. The molecular formula is C34H39N3O5S. The van der Waals surface area contributed by atoms with Crippen molar-refractivity contribution in [1.29, 1.82) is 0 Å². The van der Waals surface area contributed by atoms with Crippen LogP contribution in [0, 0.1) is 0 Å². The van der Waals surface area contributed by atoms with Crippen LogP contribution in [0.25, 0.3) is 10.8 Å². The van der Waals surface area contributed by atoms with Crippen LogP contribution in [-0.2, 0) is 21.0 Å². The van der Waals surface area contributed by atoms with Crippen molar-refractivity contribution in [2.45, 2.75) is 68.5 Å². The molecule has 8 nitrogen and oxygen atoms in total. The summed E-state index contributed by atoms with van der Waals surface area (Å²) in [6, 6.07) is 26.7. The van der Waals surface area contributed by atoms with Gasteiger partial charge in [0.05, 0.1) is 4.90 Å². The molecule has 0 saturated heterocycles. The number of Topliss-reactive ketones (excluding diaryl/α,β-unsaturated/α-hetero) is 1. The van der Waals surface area contributed by atoms with Gasteiger partial charge in [0.1, 0.15) is 17.0 Å². The summed E-state index contributed by atoms with van der Waals surface area (Å²) < 4.78 is 32.2. The molecule has 0 heterocycles. The number of fused-ring (bicyclic) bond motifs is 1. The second-order valence-electron chi connectivity index (χ2n) is 11.6. The van der Waals surface area contributed by atoms with Gasteiger partial charge in [-0.05, 0) is 81.1 Å². The van der Waals surface area contributed by atoms with Gasteiger partial charge in [0.2, 0.25) is 0 Å². The fourth-order valence-electron chi connectivity index (χ4n) is 4.82. The van der Waals surface area contributed by atoms with Crippen molar-refractivity contribution in [3.05, 3.63) is 108 Å². The second-order valence-corrected chi connectivity index (χ2v) is 13.7. The molecule has 0 aliphatic heterocycles. The molecule has 3 atom stereocenters. The monoisotopic (exact) mass is 601 g/mol. The number of aryl methyl sites for hydroxylation is 1. The lowest BCUT2D eigenvalue weighted by Crippen LogP contribution is -2.47. The molecule has 4 aromatic carbocycles. The van der Waals surface area contributed by atoms with Crippen LogP contribution in [0.5, 0.6) is 0 Å². The van der Waals surface area contributed by atoms with E-state index in [1.165, 1.54) is 29.2 Å². The van der Waals surface area contributed by atoms with Crippen molar-refractivity contribution in [1.82, 2.24) is 0 Å². The third kappa shape index (κ3) is 7.67. The van der Waals surface area contributed by atoms with Gasteiger partial charge in [-0.25, -0.2) is 13.2 Å². The summed E-state index contributed by atoms with van der Waals surface area (Å²) in [5, 5.41) is 0.581. The fraction of sp³-hybridized carbons (Fsp3) is 0.294. The number of rotatable bonds is 10. The first-order valence-electron chi connectivity index (χ1n) is 14.2. The molecule has 43 heavy (non-hydrogen) atoms. The van der Waals surface area contributed by atoms with Crippen molar-refractivity contribution in [2.75, 3.05) is 4.90 Å².